The number of nitro benzene ring substituents is 1. The molecule has 0 unspecified atom stereocenters. The molecular weight excluding hydrogens is 529 g/mol. The van der Waals surface area contributed by atoms with E-state index < -0.39 is 28.8 Å². The molecule has 39 heavy (non-hydrogen) atoms. The number of carbonyl (C=O) groups excluding carboxylic acids is 1. The van der Waals surface area contributed by atoms with Gasteiger partial charge in [0, 0.05) is 55.7 Å². The van der Waals surface area contributed by atoms with E-state index in [1.165, 1.54) is 12.1 Å². The van der Waals surface area contributed by atoms with Gasteiger partial charge in [0.2, 0.25) is 5.91 Å². The standard InChI is InChI=1S/C25H28F5N5O4/c26-24(27)16-1-8-22(31-14-16)33-9-11-34(12-10-33)23(36)15-39-19-5-2-17(3-6-19)32-18-4-7-21(35(37)38)20(13-18)25(28,29)30/h1,4,7-8,13-14,17,19,24,32H,2-3,5-6,9-12,15H2/t17-,19-. The minimum absolute atomic E-state index is 0.0820. The Morgan fingerprint density at radius 1 is 1.10 bits per heavy atom. The number of piperazine rings is 1. The summed E-state index contributed by atoms with van der Waals surface area (Å²) < 4.78 is 70.9. The number of nitrogens with zero attached hydrogens (tertiary/aromatic N) is 4. The normalized spacial score (nSPS) is 20.3. The number of carbonyl (C=O) groups is 1. The van der Waals surface area contributed by atoms with Gasteiger partial charge in [0.05, 0.1) is 11.0 Å². The van der Waals surface area contributed by atoms with Gasteiger partial charge in [-0.05, 0) is 49.9 Å². The maximum absolute atomic E-state index is 13.2. The number of amides is 1. The number of halogens is 5. The molecule has 0 spiro atoms. The van der Waals surface area contributed by atoms with Crippen LogP contribution in [0.5, 0.6) is 0 Å². The van der Waals surface area contributed by atoms with E-state index in [9.17, 15) is 36.9 Å². The van der Waals surface area contributed by atoms with Gasteiger partial charge in [0.25, 0.3) is 12.1 Å². The van der Waals surface area contributed by atoms with Crippen molar-refractivity contribution < 1.29 is 36.4 Å². The van der Waals surface area contributed by atoms with Gasteiger partial charge >= 0.3 is 6.18 Å². The highest BCUT2D eigenvalue weighted by molar-refractivity contribution is 5.77. The monoisotopic (exact) mass is 557 g/mol. The van der Waals surface area contributed by atoms with Crippen LogP contribution < -0.4 is 10.2 Å². The van der Waals surface area contributed by atoms with Gasteiger partial charge in [-0.25, -0.2) is 13.8 Å². The summed E-state index contributed by atoms with van der Waals surface area (Å²) in [5, 5.41) is 14.0. The number of ether oxygens (including phenoxy) is 1. The lowest BCUT2D eigenvalue weighted by atomic mass is 9.92. The lowest BCUT2D eigenvalue weighted by Gasteiger charge is -2.36. The summed E-state index contributed by atoms with van der Waals surface area (Å²) in [6.45, 7) is 1.85. The quantitative estimate of drug-likeness (QED) is 0.276. The van der Waals surface area contributed by atoms with Crippen LogP contribution in [-0.4, -0.2) is 65.6 Å². The fourth-order valence-corrected chi connectivity index (χ4v) is 4.80. The Labute approximate surface area is 221 Å². The topological polar surface area (TPSA) is 101 Å². The van der Waals surface area contributed by atoms with E-state index >= 15 is 0 Å². The third-order valence-electron chi connectivity index (χ3n) is 6.97. The zero-order valence-corrected chi connectivity index (χ0v) is 20.9. The maximum atomic E-state index is 13.2. The summed E-state index contributed by atoms with van der Waals surface area (Å²) in [5.74, 6) is 0.429. The molecule has 2 aliphatic rings. The smallest absolute Gasteiger partial charge is 0.382 e. The van der Waals surface area contributed by atoms with Crippen molar-refractivity contribution in [3.8, 4) is 0 Å². The Morgan fingerprint density at radius 2 is 1.79 bits per heavy atom. The van der Waals surface area contributed by atoms with Crippen LogP contribution in [0.1, 0.15) is 43.2 Å². The molecule has 1 saturated heterocycles. The molecule has 1 aromatic heterocycles. The number of anilines is 2. The second-order valence-corrected chi connectivity index (χ2v) is 9.53. The number of hydrogen-bond acceptors (Lipinski definition) is 7. The van der Waals surface area contributed by atoms with E-state index in [-0.39, 0.29) is 35.9 Å². The first-order valence-electron chi connectivity index (χ1n) is 12.5. The van der Waals surface area contributed by atoms with E-state index in [2.05, 4.69) is 10.3 Å². The molecule has 1 aliphatic heterocycles. The van der Waals surface area contributed by atoms with Crippen LogP contribution in [0.2, 0.25) is 0 Å². The SMILES string of the molecule is O=C(CO[C@H]1CC[C@H](Nc2ccc([N+](=O)[O-])c(C(F)(F)F)c2)CC1)N1CCN(c2ccc(C(F)F)cn2)CC1. The number of nitro groups is 1. The lowest BCUT2D eigenvalue weighted by Crippen LogP contribution is -2.50. The number of hydrogen-bond donors (Lipinski definition) is 1. The van der Waals surface area contributed by atoms with Gasteiger partial charge in [-0.15, -0.1) is 0 Å². The van der Waals surface area contributed by atoms with Gasteiger partial charge in [-0.3, -0.25) is 14.9 Å². The third kappa shape index (κ3) is 7.31. The number of aromatic nitrogens is 1. The molecule has 4 rings (SSSR count). The van der Waals surface area contributed by atoms with Crippen LogP contribution in [0.15, 0.2) is 36.5 Å². The molecule has 14 heteroatoms. The molecule has 1 saturated carbocycles. The second-order valence-electron chi connectivity index (χ2n) is 9.53. The Balaban J connectivity index is 1.19. The fraction of sp³-hybridized carbons (Fsp3) is 0.520. The first kappa shape index (κ1) is 28.5. The predicted molar refractivity (Wildman–Crippen MR) is 132 cm³/mol. The van der Waals surface area contributed by atoms with Crippen molar-refractivity contribution in [1.82, 2.24) is 9.88 Å². The Kier molecular flexibility index (Phi) is 8.83. The fourth-order valence-electron chi connectivity index (χ4n) is 4.80. The highest BCUT2D eigenvalue weighted by atomic mass is 19.4. The average Bonchev–Trinajstić information content (AvgIpc) is 2.92. The number of rotatable bonds is 8. The summed E-state index contributed by atoms with van der Waals surface area (Å²) in [5.41, 5.74) is -2.27. The van der Waals surface area contributed by atoms with Crippen molar-refractivity contribution in [3.05, 3.63) is 57.8 Å². The van der Waals surface area contributed by atoms with E-state index in [1.807, 2.05) is 4.90 Å². The summed E-state index contributed by atoms with van der Waals surface area (Å²) in [4.78, 5) is 30.2. The van der Waals surface area contributed by atoms with Crippen molar-refractivity contribution in [1.29, 1.82) is 0 Å². The average molecular weight is 558 g/mol. The molecule has 0 radical (unpaired) electrons. The van der Waals surface area contributed by atoms with Crippen molar-refractivity contribution in [2.75, 3.05) is 43.0 Å². The molecule has 2 aromatic rings. The van der Waals surface area contributed by atoms with Crippen LogP contribution in [-0.2, 0) is 15.7 Å². The minimum Gasteiger partial charge on any atom is -0.382 e. The molecule has 0 bridgehead atoms. The first-order chi connectivity index (χ1) is 18.5. The molecule has 1 aromatic carbocycles. The van der Waals surface area contributed by atoms with Crippen LogP contribution >= 0.6 is 0 Å². The van der Waals surface area contributed by atoms with Crippen LogP contribution in [0.25, 0.3) is 0 Å². The minimum atomic E-state index is -4.84. The van der Waals surface area contributed by atoms with Crippen LogP contribution in [0, 0.1) is 10.1 Å². The highest BCUT2D eigenvalue weighted by Crippen LogP contribution is 2.38. The Morgan fingerprint density at radius 3 is 2.36 bits per heavy atom. The number of nitrogens with one attached hydrogen (secondary N) is 1. The molecule has 2 heterocycles. The largest absolute Gasteiger partial charge is 0.423 e. The van der Waals surface area contributed by atoms with E-state index in [1.54, 1.807) is 11.0 Å². The lowest BCUT2D eigenvalue weighted by molar-refractivity contribution is -0.388. The van der Waals surface area contributed by atoms with E-state index in [4.69, 9.17) is 4.74 Å². The summed E-state index contributed by atoms with van der Waals surface area (Å²) >= 11 is 0. The molecular formula is C25H28F5N5O4. The van der Waals surface area contributed by atoms with Gasteiger partial charge in [-0.2, -0.15) is 13.2 Å². The van der Waals surface area contributed by atoms with Crippen molar-refractivity contribution in [2.45, 2.75) is 50.4 Å². The van der Waals surface area contributed by atoms with Gasteiger partial charge in [-0.1, -0.05) is 0 Å². The number of benzene rings is 1. The van der Waals surface area contributed by atoms with Gasteiger partial charge in [0.15, 0.2) is 0 Å². The van der Waals surface area contributed by atoms with Crippen LogP contribution in [0.3, 0.4) is 0 Å². The highest BCUT2D eigenvalue weighted by Gasteiger charge is 2.38. The molecule has 1 aliphatic carbocycles. The second kappa shape index (κ2) is 12.1. The van der Waals surface area contributed by atoms with E-state index in [0.717, 1.165) is 18.3 Å². The molecule has 212 valence electrons. The summed E-state index contributed by atoms with van der Waals surface area (Å²) in [7, 11) is 0. The van der Waals surface area contributed by atoms with Crippen molar-refractivity contribution in [3.63, 3.8) is 0 Å². The zero-order chi connectivity index (χ0) is 28.2. The summed E-state index contributed by atoms with van der Waals surface area (Å²) in [6.07, 6.45) is -4.00. The number of alkyl halides is 5. The first-order valence-corrected chi connectivity index (χ1v) is 12.5. The van der Waals surface area contributed by atoms with Gasteiger partial charge < -0.3 is 19.9 Å². The zero-order valence-electron chi connectivity index (χ0n) is 20.9. The molecule has 1 amide bonds. The van der Waals surface area contributed by atoms with Crippen molar-refractivity contribution in [2.24, 2.45) is 0 Å². The van der Waals surface area contributed by atoms with Gasteiger partial charge in [0.1, 0.15) is 18.0 Å². The Bertz CT molecular complexity index is 1150. The molecule has 9 nitrogen and oxygen atoms in total. The molecule has 1 N–H and O–H groups in total. The van der Waals surface area contributed by atoms with E-state index in [0.29, 0.717) is 57.7 Å². The van der Waals surface area contributed by atoms with Crippen LogP contribution in [0.4, 0.5) is 39.1 Å². The van der Waals surface area contributed by atoms with Crippen molar-refractivity contribution >= 4 is 23.1 Å². The molecule has 2 fully saturated rings. The predicted octanol–water partition coefficient (Wildman–Crippen LogP) is 5.03. The Hall–Kier alpha value is -3.55. The third-order valence-corrected chi connectivity index (χ3v) is 6.97. The number of pyridine rings is 1. The summed E-state index contributed by atoms with van der Waals surface area (Å²) in [6, 6.07) is 5.64. The molecule has 0 atom stereocenters. The maximum Gasteiger partial charge on any atom is 0.423 e.